The van der Waals surface area contributed by atoms with Crippen LogP contribution in [0.2, 0.25) is 0 Å². The van der Waals surface area contributed by atoms with E-state index in [0.717, 1.165) is 11.1 Å². The Morgan fingerprint density at radius 1 is 1.09 bits per heavy atom. The molecule has 6 heteroatoms. The van der Waals surface area contributed by atoms with Gasteiger partial charge in [0.05, 0.1) is 5.69 Å². The summed E-state index contributed by atoms with van der Waals surface area (Å²) in [4.78, 5) is 0. The summed E-state index contributed by atoms with van der Waals surface area (Å²) in [5.41, 5.74) is 2.65. The van der Waals surface area contributed by atoms with Crippen molar-refractivity contribution in [2.24, 2.45) is 0 Å². The predicted molar refractivity (Wildman–Crippen MR) is 83.6 cm³/mol. The first-order chi connectivity index (χ1) is 11.1. The van der Waals surface area contributed by atoms with E-state index in [1.165, 1.54) is 12.1 Å². The monoisotopic (exact) mass is 308 g/mol. The minimum atomic E-state index is -0.299. The zero-order valence-corrected chi connectivity index (χ0v) is 12.6. The SMILES string of the molecule is Cc1oc(Nc2ccc(-c3ccc(F)cc3)nn2)c(C#N)c1C. The number of rotatable bonds is 3. The van der Waals surface area contributed by atoms with E-state index in [-0.39, 0.29) is 5.82 Å². The zero-order chi connectivity index (χ0) is 16.4. The largest absolute Gasteiger partial charge is 0.444 e. The standard InChI is InChI=1S/C17H13FN4O/c1-10-11(2)23-17(14(10)9-19)20-16-8-7-15(21-22-16)12-3-5-13(18)6-4-12/h3-8H,1-2H3,(H,20,22). The van der Waals surface area contributed by atoms with E-state index >= 15 is 0 Å². The molecule has 2 heterocycles. The van der Waals surface area contributed by atoms with Crippen LogP contribution in [0.4, 0.5) is 16.1 Å². The highest BCUT2D eigenvalue weighted by molar-refractivity contribution is 5.64. The summed E-state index contributed by atoms with van der Waals surface area (Å²) in [6.07, 6.45) is 0. The van der Waals surface area contributed by atoms with Gasteiger partial charge in [0.1, 0.15) is 23.2 Å². The molecule has 0 radical (unpaired) electrons. The summed E-state index contributed by atoms with van der Waals surface area (Å²) in [5.74, 6) is 1.19. The lowest BCUT2D eigenvalue weighted by atomic mass is 10.1. The third-order valence-electron chi connectivity index (χ3n) is 3.54. The number of anilines is 2. The van der Waals surface area contributed by atoms with E-state index in [4.69, 9.17) is 4.42 Å². The molecule has 0 fully saturated rings. The second kappa shape index (κ2) is 5.89. The average Bonchev–Trinajstić information content (AvgIpc) is 2.83. The number of nitrogens with one attached hydrogen (secondary N) is 1. The van der Waals surface area contributed by atoms with E-state index in [2.05, 4.69) is 21.6 Å². The fourth-order valence-electron chi connectivity index (χ4n) is 2.14. The summed E-state index contributed by atoms with van der Waals surface area (Å²) < 4.78 is 18.5. The molecule has 2 aromatic heterocycles. The maximum absolute atomic E-state index is 12.9. The van der Waals surface area contributed by atoms with Crippen molar-refractivity contribution in [1.29, 1.82) is 5.26 Å². The first-order valence-electron chi connectivity index (χ1n) is 6.95. The van der Waals surface area contributed by atoms with Gasteiger partial charge in [-0.2, -0.15) is 5.26 Å². The summed E-state index contributed by atoms with van der Waals surface area (Å²) >= 11 is 0. The van der Waals surface area contributed by atoms with Crippen LogP contribution in [0.25, 0.3) is 11.3 Å². The van der Waals surface area contributed by atoms with Crippen molar-refractivity contribution in [1.82, 2.24) is 10.2 Å². The minimum Gasteiger partial charge on any atom is -0.444 e. The van der Waals surface area contributed by atoms with Crippen LogP contribution < -0.4 is 5.32 Å². The highest BCUT2D eigenvalue weighted by atomic mass is 19.1. The molecule has 3 rings (SSSR count). The molecule has 0 unspecified atom stereocenters. The fourth-order valence-corrected chi connectivity index (χ4v) is 2.14. The molecule has 0 amide bonds. The van der Waals surface area contributed by atoms with Crippen LogP contribution in [-0.2, 0) is 0 Å². The molecule has 1 N–H and O–H groups in total. The number of hydrogen-bond acceptors (Lipinski definition) is 5. The van der Waals surface area contributed by atoms with Crippen LogP contribution in [-0.4, -0.2) is 10.2 Å². The molecular formula is C17H13FN4O. The van der Waals surface area contributed by atoms with Crippen molar-refractivity contribution >= 4 is 11.7 Å². The molecule has 0 saturated carbocycles. The normalized spacial score (nSPS) is 10.3. The maximum atomic E-state index is 12.9. The number of benzene rings is 1. The van der Waals surface area contributed by atoms with Crippen molar-refractivity contribution in [2.45, 2.75) is 13.8 Å². The van der Waals surface area contributed by atoms with Crippen molar-refractivity contribution in [3.63, 3.8) is 0 Å². The quantitative estimate of drug-likeness (QED) is 0.788. The smallest absolute Gasteiger partial charge is 0.216 e. The van der Waals surface area contributed by atoms with Crippen molar-refractivity contribution in [3.05, 3.63) is 59.1 Å². The van der Waals surface area contributed by atoms with Gasteiger partial charge in [0.25, 0.3) is 0 Å². The van der Waals surface area contributed by atoms with E-state index in [1.54, 1.807) is 31.2 Å². The molecule has 0 aliphatic carbocycles. The predicted octanol–water partition coefficient (Wildman–Crippen LogP) is 4.11. The Hall–Kier alpha value is -3.20. The molecule has 23 heavy (non-hydrogen) atoms. The molecule has 0 atom stereocenters. The number of aromatic nitrogens is 2. The number of aryl methyl sites for hydroxylation is 1. The summed E-state index contributed by atoms with van der Waals surface area (Å²) in [7, 11) is 0. The number of nitriles is 1. The molecular weight excluding hydrogens is 295 g/mol. The van der Waals surface area contributed by atoms with Gasteiger partial charge in [0.15, 0.2) is 5.82 Å². The van der Waals surface area contributed by atoms with Gasteiger partial charge in [0.2, 0.25) is 5.88 Å². The van der Waals surface area contributed by atoms with E-state index < -0.39 is 0 Å². The lowest BCUT2D eigenvalue weighted by Gasteiger charge is -2.04. The van der Waals surface area contributed by atoms with Crippen molar-refractivity contribution in [3.8, 4) is 17.3 Å². The molecule has 5 nitrogen and oxygen atoms in total. The highest BCUT2D eigenvalue weighted by Gasteiger charge is 2.15. The molecule has 0 spiro atoms. The molecule has 0 aliphatic heterocycles. The fraction of sp³-hybridized carbons (Fsp3) is 0.118. The van der Waals surface area contributed by atoms with Gasteiger partial charge in [-0.1, -0.05) is 0 Å². The van der Waals surface area contributed by atoms with Crippen molar-refractivity contribution in [2.75, 3.05) is 5.32 Å². The zero-order valence-electron chi connectivity index (χ0n) is 12.6. The Morgan fingerprint density at radius 2 is 1.83 bits per heavy atom. The molecule has 1 aromatic carbocycles. The summed E-state index contributed by atoms with van der Waals surface area (Å²) in [6, 6.07) is 11.6. The van der Waals surface area contributed by atoms with Crippen LogP contribution in [0.15, 0.2) is 40.8 Å². The summed E-state index contributed by atoms with van der Waals surface area (Å²) in [6.45, 7) is 3.62. The van der Waals surface area contributed by atoms with Gasteiger partial charge >= 0.3 is 0 Å². The lowest BCUT2D eigenvalue weighted by molar-refractivity contribution is 0.547. The number of furan rings is 1. The topological polar surface area (TPSA) is 74.7 Å². The lowest BCUT2D eigenvalue weighted by Crippen LogP contribution is -1.97. The van der Waals surface area contributed by atoms with Crippen LogP contribution in [0, 0.1) is 31.0 Å². The Balaban J connectivity index is 1.85. The second-order valence-electron chi connectivity index (χ2n) is 5.03. The van der Waals surface area contributed by atoms with Crippen LogP contribution in [0.5, 0.6) is 0 Å². The Labute approximate surface area is 132 Å². The van der Waals surface area contributed by atoms with Crippen LogP contribution in [0.3, 0.4) is 0 Å². The van der Waals surface area contributed by atoms with Gasteiger partial charge in [0, 0.05) is 11.1 Å². The third kappa shape index (κ3) is 2.90. The van der Waals surface area contributed by atoms with Crippen molar-refractivity contribution < 1.29 is 8.81 Å². The summed E-state index contributed by atoms with van der Waals surface area (Å²) in [5, 5.41) is 20.3. The van der Waals surface area contributed by atoms with Gasteiger partial charge in [-0.05, 0) is 50.2 Å². The maximum Gasteiger partial charge on any atom is 0.216 e. The van der Waals surface area contributed by atoms with E-state index in [0.29, 0.717) is 28.7 Å². The Bertz CT molecular complexity index is 877. The van der Waals surface area contributed by atoms with Gasteiger partial charge < -0.3 is 9.73 Å². The first-order valence-corrected chi connectivity index (χ1v) is 6.95. The minimum absolute atomic E-state index is 0.299. The molecule has 3 aromatic rings. The van der Waals surface area contributed by atoms with Crippen LogP contribution >= 0.6 is 0 Å². The molecule has 0 aliphatic rings. The van der Waals surface area contributed by atoms with E-state index in [1.807, 2.05) is 6.92 Å². The van der Waals surface area contributed by atoms with Gasteiger partial charge in [-0.3, -0.25) is 0 Å². The number of halogens is 1. The third-order valence-corrected chi connectivity index (χ3v) is 3.54. The second-order valence-corrected chi connectivity index (χ2v) is 5.03. The van der Waals surface area contributed by atoms with Crippen LogP contribution in [0.1, 0.15) is 16.9 Å². The van der Waals surface area contributed by atoms with Gasteiger partial charge in [-0.15, -0.1) is 10.2 Å². The highest BCUT2D eigenvalue weighted by Crippen LogP contribution is 2.28. The molecule has 0 saturated heterocycles. The molecule has 114 valence electrons. The van der Waals surface area contributed by atoms with Gasteiger partial charge in [-0.25, -0.2) is 4.39 Å². The Morgan fingerprint density at radius 3 is 2.43 bits per heavy atom. The van der Waals surface area contributed by atoms with E-state index in [9.17, 15) is 9.65 Å². The first kappa shape index (κ1) is 14.7. The number of hydrogen-bond donors (Lipinski definition) is 1. The average molecular weight is 308 g/mol. The Kier molecular flexibility index (Phi) is 3.77. The number of nitrogens with zero attached hydrogens (tertiary/aromatic N) is 3. The molecule has 0 bridgehead atoms.